The molecule has 1 aliphatic rings. The Morgan fingerprint density at radius 1 is 1.33 bits per heavy atom. The highest BCUT2D eigenvalue weighted by molar-refractivity contribution is 5.92. The second-order valence-electron chi connectivity index (χ2n) is 5.72. The average Bonchev–Trinajstić information content (AvgIpc) is 2.72. The minimum absolute atomic E-state index is 0.0959. The lowest BCUT2D eigenvalue weighted by Gasteiger charge is -2.24. The molecule has 6 heteroatoms. The van der Waals surface area contributed by atoms with Crippen LogP contribution in [0, 0.1) is 5.92 Å². The third kappa shape index (κ3) is 4.41. The standard InChI is InChI=1S/C15H24N4O2/c1-12(10-16)11-18-6-3-7-19(9-8-18)15(21)13-4-2-5-14(20)17-13/h2,4-5,12H,3,6-11,16H2,1H3,(H,17,20). The highest BCUT2D eigenvalue weighted by Crippen LogP contribution is 2.08. The molecule has 0 aromatic carbocycles. The van der Waals surface area contributed by atoms with E-state index in [1.165, 1.54) is 6.07 Å². The van der Waals surface area contributed by atoms with Crippen molar-refractivity contribution in [2.75, 3.05) is 39.3 Å². The van der Waals surface area contributed by atoms with Gasteiger partial charge in [0.1, 0.15) is 5.69 Å². The van der Waals surface area contributed by atoms with Gasteiger partial charge in [0.25, 0.3) is 5.91 Å². The summed E-state index contributed by atoms with van der Waals surface area (Å²) in [6.45, 7) is 7.05. The Labute approximate surface area is 124 Å². The topological polar surface area (TPSA) is 82.4 Å². The van der Waals surface area contributed by atoms with Crippen molar-refractivity contribution in [2.24, 2.45) is 11.7 Å². The van der Waals surface area contributed by atoms with Crippen molar-refractivity contribution in [1.29, 1.82) is 0 Å². The van der Waals surface area contributed by atoms with E-state index >= 15 is 0 Å². The van der Waals surface area contributed by atoms with Crippen molar-refractivity contribution in [3.63, 3.8) is 0 Å². The van der Waals surface area contributed by atoms with Crippen LogP contribution < -0.4 is 11.3 Å². The van der Waals surface area contributed by atoms with Crippen LogP contribution in [-0.2, 0) is 0 Å². The predicted octanol–water partition coefficient (Wildman–Crippen LogP) is 0.118. The van der Waals surface area contributed by atoms with Gasteiger partial charge in [-0.1, -0.05) is 13.0 Å². The third-order valence-corrected chi connectivity index (χ3v) is 3.85. The summed E-state index contributed by atoms with van der Waals surface area (Å²) in [7, 11) is 0. The summed E-state index contributed by atoms with van der Waals surface area (Å²) in [4.78, 5) is 30.5. The SMILES string of the molecule is CC(CN)CN1CCCN(C(=O)c2cccc(=O)[nH]2)CC1. The predicted molar refractivity (Wildman–Crippen MR) is 82.2 cm³/mol. The molecule has 1 aromatic heterocycles. The normalized spacial score (nSPS) is 18.3. The summed E-state index contributed by atoms with van der Waals surface area (Å²) < 4.78 is 0. The zero-order valence-corrected chi connectivity index (χ0v) is 12.5. The lowest BCUT2D eigenvalue weighted by molar-refractivity contribution is 0.0754. The number of carbonyl (C=O) groups is 1. The van der Waals surface area contributed by atoms with E-state index in [-0.39, 0.29) is 11.5 Å². The Kier molecular flexibility index (Phi) is 5.52. The van der Waals surface area contributed by atoms with Crippen LogP contribution in [0.3, 0.4) is 0 Å². The first kappa shape index (κ1) is 15.7. The number of nitrogens with two attached hydrogens (primary N) is 1. The van der Waals surface area contributed by atoms with E-state index in [9.17, 15) is 9.59 Å². The Bertz CT molecular complexity index is 528. The van der Waals surface area contributed by atoms with Crippen LogP contribution in [0.1, 0.15) is 23.8 Å². The van der Waals surface area contributed by atoms with Crippen LogP contribution in [0.25, 0.3) is 0 Å². The average molecular weight is 292 g/mol. The van der Waals surface area contributed by atoms with Crippen molar-refractivity contribution >= 4 is 5.91 Å². The van der Waals surface area contributed by atoms with Gasteiger partial charge in [-0.05, 0) is 31.5 Å². The van der Waals surface area contributed by atoms with Gasteiger partial charge in [0, 0.05) is 32.2 Å². The molecular formula is C15H24N4O2. The number of aromatic nitrogens is 1. The van der Waals surface area contributed by atoms with Crippen molar-refractivity contribution in [2.45, 2.75) is 13.3 Å². The molecule has 1 fully saturated rings. The molecule has 3 N–H and O–H groups in total. The van der Waals surface area contributed by atoms with Gasteiger partial charge in [-0.3, -0.25) is 9.59 Å². The number of hydrogen-bond acceptors (Lipinski definition) is 4. The Hall–Kier alpha value is -1.66. The van der Waals surface area contributed by atoms with Gasteiger partial charge in [-0.15, -0.1) is 0 Å². The van der Waals surface area contributed by atoms with Gasteiger partial charge in [-0.25, -0.2) is 0 Å². The van der Waals surface area contributed by atoms with Gasteiger partial charge in [0.2, 0.25) is 5.56 Å². The fourth-order valence-corrected chi connectivity index (χ4v) is 2.61. The minimum Gasteiger partial charge on any atom is -0.336 e. The molecule has 1 unspecified atom stereocenters. The number of pyridine rings is 1. The molecule has 0 bridgehead atoms. The lowest BCUT2D eigenvalue weighted by Crippen LogP contribution is -2.37. The largest absolute Gasteiger partial charge is 0.336 e. The van der Waals surface area contributed by atoms with Crippen LogP contribution in [0.5, 0.6) is 0 Å². The zero-order chi connectivity index (χ0) is 15.2. The van der Waals surface area contributed by atoms with Crippen LogP contribution in [0.4, 0.5) is 0 Å². The maximum absolute atomic E-state index is 12.4. The third-order valence-electron chi connectivity index (χ3n) is 3.85. The summed E-state index contributed by atoms with van der Waals surface area (Å²) >= 11 is 0. The maximum Gasteiger partial charge on any atom is 0.270 e. The quantitative estimate of drug-likeness (QED) is 0.825. The smallest absolute Gasteiger partial charge is 0.270 e. The number of H-pyrrole nitrogens is 1. The van der Waals surface area contributed by atoms with Crippen LogP contribution in [0.15, 0.2) is 23.0 Å². The lowest BCUT2D eigenvalue weighted by atomic mass is 10.1. The Balaban J connectivity index is 1.96. The number of hydrogen-bond donors (Lipinski definition) is 2. The molecular weight excluding hydrogens is 268 g/mol. The first-order valence-electron chi connectivity index (χ1n) is 7.51. The van der Waals surface area contributed by atoms with E-state index < -0.39 is 0 Å². The molecule has 116 valence electrons. The van der Waals surface area contributed by atoms with Gasteiger partial charge in [-0.2, -0.15) is 0 Å². The number of rotatable bonds is 4. The molecule has 1 aromatic rings. The molecule has 0 aliphatic carbocycles. The second kappa shape index (κ2) is 7.38. The molecule has 6 nitrogen and oxygen atoms in total. The van der Waals surface area contributed by atoms with E-state index in [2.05, 4.69) is 16.8 Å². The van der Waals surface area contributed by atoms with Crippen molar-refractivity contribution in [3.05, 3.63) is 34.2 Å². The summed E-state index contributed by atoms with van der Waals surface area (Å²) in [6, 6.07) is 4.68. The van der Waals surface area contributed by atoms with Gasteiger partial charge in [0.05, 0.1) is 0 Å². The van der Waals surface area contributed by atoms with E-state index in [0.717, 1.165) is 32.6 Å². The van der Waals surface area contributed by atoms with Crippen LogP contribution >= 0.6 is 0 Å². The number of amides is 1. The first-order chi connectivity index (χ1) is 10.1. The Morgan fingerprint density at radius 2 is 2.14 bits per heavy atom. The number of carbonyl (C=O) groups excluding carboxylic acids is 1. The molecule has 0 saturated carbocycles. The molecule has 1 atom stereocenters. The number of aromatic amines is 1. The van der Waals surface area contributed by atoms with E-state index in [1.54, 1.807) is 12.1 Å². The molecule has 0 radical (unpaired) electrons. The first-order valence-corrected chi connectivity index (χ1v) is 7.51. The van der Waals surface area contributed by atoms with E-state index in [0.29, 0.717) is 24.7 Å². The monoisotopic (exact) mass is 292 g/mol. The van der Waals surface area contributed by atoms with Gasteiger partial charge >= 0.3 is 0 Å². The molecule has 1 amide bonds. The highest BCUT2D eigenvalue weighted by Gasteiger charge is 2.21. The van der Waals surface area contributed by atoms with E-state index in [4.69, 9.17) is 5.73 Å². The summed E-state index contributed by atoms with van der Waals surface area (Å²) in [5, 5.41) is 0. The molecule has 1 saturated heterocycles. The summed E-state index contributed by atoms with van der Waals surface area (Å²) in [6.07, 6.45) is 0.945. The molecule has 2 rings (SSSR count). The minimum atomic E-state index is -0.242. The fourth-order valence-electron chi connectivity index (χ4n) is 2.61. The van der Waals surface area contributed by atoms with Crippen molar-refractivity contribution in [1.82, 2.24) is 14.8 Å². The summed E-state index contributed by atoms with van der Waals surface area (Å²) in [5.41, 5.74) is 5.79. The number of nitrogens with zero attached hydrogens (tertiary/aromatic N) is 2. The zero-order valence-electron chi connectivity index (χ0n) is 12.5. The Morgan fingerprint density at radius 3 is 2.86 bits per heavy atom. The van der Waals surface area contributed by atoms with Crippen molar-refractivity contribution < 1.29 is 4.79 Å². The van der Waals surface area contributed by atoms with Crippen molar-refractivity contribution in [3.8, 4) is 0 Å². The van der Waals surface area contributed by atoms with Gasteiger partial charge in [0.15, 0.2) is 0 Å². The van der Waals surface area contributed by atoms with Crippen LogP contribution in [0.2, 0.25) is 0 Å². The van der Waals surface area contributed by atoms with E-state index in [1.807, 2.05) is 4.90 Å². The second-order valence-corrected chi connectivity index (χ2v) is 5.72. The maximum atomic E-state index is 12.4. The van der Waals surface area contributed by atoms with Crippen LogP contribution in [-0.4, -0.2) is 60.0 Å². The molecule has 21 heavy (non-hydrogen) atoms. The van der Waals surface area contributed by atoms with Gasteiger partial charge < -0.3 is 20.5 Å². The molecule has 0 spiro atoms. The summed E-state index contributed by atoms with van der Waals surface area (Å²) in [5.74, 6) is 0.374. The molecule has 2 heterocycles. The molecule has 1 aliphatic heterocycles. The highest BCUT2D eigenvalue weighted by atomic mass is 16.2. The number of nitrogens with one attached hydrogen (secondary N) is 1. The fraction of sp³-hybridized carbons (Fsp3) is 0.600.